The maximum absolute atomic E-state index is 13.3. The van der Waals surface area contributed by atoms with Crippen molar-refractivity contribution in [2.24, 2.45) is 16.3 Å². The van der Waals surface area contributed by atoms with Crippen LogP contribution in [0.4, 0.5) is 4.39 Å². The van der Waals surface area contributed by atoms with Gasteiger partial charge < -0.3 is 15.7 Å². The van der Waals surface area contributed by atoms with Gasteiger partial charge in [-0.05, 0) is 25.0 Å². The van der Waals surface area contributed by atoms with Crippen LogP contribution in [0.5, 0.6) is 5.75 Å². The van der Waals surface area contributed by atoms with Gasteiger partial charge in [0, 0.05) is 11.5 Å². The van der Waals surface area contributed by atoms with Gasteiger partial charge in [-0.3, -0.25) is 0 Å². The zero-order valence-electron chi connectivity index (χ0n) is 10.9. The molecule has 0 heterocycles. The van der Waals surface area contributed by atoms with Crippen LogP contribution in [0.2, 0.25) is 0 Å². The number of oxime groups is 1. The molecule has 0 unspecified atom stereocenters. The second kappa shape index (κ2) is 5.71. The first kappa shape index (κ1) is 14.3. The molecular formula is C13H19FN2O2. The number of ether oxygens (including phenoxy) is 1. The van der Waals surface area contributed by atoms with Crippen molar-refractivity contribution in [1.82, 2.24) is 0 Å². The lowest BCUT2D eigenvalue weighted by Crippen LogP contribution is -2.33. The summed E-state index contributed by atoms with van der Waals surface area (Å²) in [6, 6.07) is 4.74. The van der Waals surface area contributed by atoms with Gasteiger partial charge in [-0.25, -0.2) is 4.39 Å². The third-order valence-corrected chi connectivity index (χ3v) is 2.94. The minimum absolute atomic E-state index is 0.154. The molecule has 1 aromatic carbocycles. The number of nitrogens with two attached hydrogens (primary N) is 1. The summed E-state index contributed by atoms with van der Waals surface area (Å²) in [5.41, 5.74) is 5.68. The van der Waals surface area contributed by atoms with Gasteiger partial charge in [0.15, 0.2) is 0 Å². The van der Waals surface area contributed by atoms with Gasteiger partial charge in [0.1, 0.15) is 17.4 Å². The summed E-state index contributed by atoms with van der Waals surface area (Å²) < 4.78 is 18.7. The molecule has 0 fully saturated rings. The highest BCUT2D eigenvalue weighted by atomic mass is 19.1. The first-order valence-electron chi connectivity index (χ1n) is 5.74. The second-order valence-corrected chi connectivity index (χ2v) is 4.88. The Morgan fingerprint density at radius 3 is 2.72 bits per heavy atom. The van der Waals surface area contributed by atoms with Crippen LogP contribution in [-0.4, -0.2) is 17.6 Å². The maximum atomic E-state index is 13.3. The highest BCUT2D eigenvalue weighted by Crippen LogP contribution is 2.22. The molecule has 0 saturated heterocycles. The van der Waals surface area contributed by atoms with E-state index in [0.29, 0.717) is 24.3 Å². The molecule has 0 radical (unpaired) electrons. The lowest BCUT2D eigenvalue weighted by Gasteiger charge is -2.22. The van der Waals surface area contributed by atoms with Crippen LogP contribution in [0.15, 0.2) is 23.4 Å². The molecule has 0 amide bonds. The first-order valence-corrected chi connectivity index (χ1v) is 5.74. The Bertz CT molecular complexity index is 445. The van der Waals surface area contributed by atoms with Gasteiger partial charge in [0.2, 0.25) is 0 Å². The lowest BCUT2D eigenvalue weighted by atomic mass is 9.88. The van der Waals surface area contributed by atoms with Crippen LogP contribution < -0.4 is 10.5 Å². The summed E-state index contributed by atoms with van der Waals surface area (Å²) in [5.74, 6) is 0.345. The molecule has 0 aromatic heterocycles. The number of hydrogen-bond acceptors (Lipinski definition) is 3. The van der Waals surface area contributed by atoms with Crippen LogP contribution in [-0.2, 0) is 0 Å². The standard InChI is InChI=1S/C13H19FN2O2/c1-9-4-5-10(8-11(9)14)18-7-6-13(2,3)12(15)16-17/h4-5,8,17H,6-7H2,1-3H3,(H2,15,16). The smallest absolute Gasteiger partial charge is 0.144 e. The summed E-state index contributed by atoms with van der Waals surface area (Å²) in [4.78, 5) is 0. The fourth-order valence-electron chi connectivity index (χ4n) is 1.35. The molecule has 0 spiro atoms. The summed E-state index contributed by atoms with van der Waals surface area (Å²) >= 11 is 0. The Kier molecular flexibility index (Phi) is 4.53. The Morgan fingerprint density at radius 2 is 2.17 bits per heavy atom. The molecular weight excluding hydrogens is 235 g/mol. The largest absolute Gasteiger partial charge is 0.493 e. The predicted octanol–water partition coefficient (Wildman–Crippen LogP) is 2.68. The Balaban J connectivity index is 2.54. The van der Waals surface area contributed by atoms with Gasteiger partial charge in [-0.1, -0.05) is 25.1 Å². The van der Waals surface area contributed by atoms with E-state index >= 15 is 0 Å². The third kappa shape index (κ3) is 3.61. The van der Waals surface area contributed by atoms with E-state index in [1.165, 1.54) is 6.07 Å². The molecule has 5 heteroatoms. The number of nitrogens with zero attached hydrogens (tertiary/aromatic N) is 1. The molecule has 3 N–H and O–H groups in total. The summed E-state index contributed by atoms with van der Waals surface area (Å²) in [5, 5.41) is 11.6. The van der Waals surface area contributed by atoms with E-state index in [0.717, 1.165) is 0 Å². The van der Waals surface area contributed by atoms with E-state index in [1.807, 2.05) is 13.8 Å². The Hall–Kier alpha value is -1.78. The topological polar surface area (TPSA) is 67.8 Å². The van der Waals surface area contributed by atoms with Crippen molar-refractivity contribution in [2.45, 2.75) is 27.2 Å². The molecule has 18 heavy (non-hydrogen) atoms. The van der Waals surface area contributed by atoms with Crippen LogP contribution in [0.3, 0.4) is 0 Å². The zero-order chi connectivity index (χ0) is 13.8. The molecule has 100 valence electrons. The van der Waals surface area contributed by atoms with E-state index in [4.69, 9.17) is 15.7 Å². The normalized spacial score (nSPS) is 12.6. The monoisotopic (exact) mass is 254 g/mol. The van der Waals surface area contributed by atoms with E-state index in [-0.39, 0.29) is 11.7 Å². The molecule has 0 atom stereocenters. The van der Waals surface area contributed by atoms with Crippen LogP contribution >= 0.6 is 0 Å². The Labute approximate surface area is 106 Å². The SMILES string of the molecule is Cc1ccc(OCCC(C)(C)/C(N)=N/O)cc1F. The molecule has 0 aliphatic heterocycles. The van der Waals surface area contributed by atoms with Crippen molar-refractivity contribution in [3.63, 3.8) is 0 Å². The Morgan fingerprint density at radius 1 is 1.50 bits per heavy atom. The number of amidine groups is 1. The highest BCUT2D eigenvalue weighted by molar-refractivity contribution is 5.85. The summed E-state index contributed by atoms with van der Waals surface area (Å²) in [7, 11) is 0. The molecule has 0 aliphatic carbocycles. The number of hydrogen-bond donors (Lipinski definition) is 2. The second-order valence-electron chi connectivity index (χ2n) is 4.88. The lowest BCUT2D eigenvalue weighted by molar-refractivity contribution is 0.259. The van der Waals surface area contributed by atoms with Crippen molar-refractivity contribution in [2.75, 3.05) is 6.61 Å². The molecule has 1 aromatic rings. The molecule has 1 rings (SSSR count). The number of benzene rings is 1. The minimum atomic E-state index is -0.460. The van der Waals surface area contributed by atoms with E-state index in [1.54, 1.807) is 19.1 Å². The van der Waals surface area contributed by atoms with Crippen LogP contribution in [0.1, 0.15) is 25.8 Å². The summed E-state index contributed by atoms with van der Waals surface area (Å²) in [6.45, 7) is 5.76. The predicted molar refractivity (Wildman–Crippen MR) is 68.4 cm³/mol. The average molecular weight is 254 g/mol. The van der Waals surface area contributed by atoms with Crippen LogP contribution in [0, 0.1) is 18.2 Å². The number of aryl methyl sites for hydroxylation is 1. The van der Waals surface area contributed by atoms with Gasteiger partial charge in [-0.2, -0.15) is 0 Å². The van der Waals surface area contributed by atoms with Gasteiger partial charge in [0.05, 0.1) is 6.61 Å². The highest BCUT2D eigenvalue weighted by Gasteiger charge is 2.23. The minimum Gasteiger partial charge on any atom is -0.493 e. The quantitative estimate of drug-likeness (QED) is 0.367. The van der Waals surface area contributed by atoms with E-state index in [2.05, 4.69) is 5.16 Å². The average Bonchev–Trinajstić information content (AvgIpc) is 2.32. The zero-order valence-corrected chi connectivity index (χ0v) is 10.9. The van der Waals surface area contributed by atoms with Gasteiger partial charge in [0.25, 0.3) is 0 Å². The summed E-state index contributed by atoms with van der Waals surface area (Å²) in [6.07, 6.45) is 0.568. The maximum Gasteiger partial charge on any atom is 0.144 e. The van der Waals surface area contributed by atoms with Crippen molar-refractivity contribution in [3.8, 4) is 5.75 Å². The van der Waals surface area contributed by atoms with E-state index in [9.17, 15) is 4.39 Å². The molecule has 0 saturated carbocycles. The molecule has 4 nitrogen and oxygen atoms in total. The van der Waals surface area contributed by atoms with Gasteiger partial charge >= 0.3 is 0 Å². The van der Waals surface area contributed by atoms with Crippen LogP contribution in [0.25, 0.3) is 0 Å². The first-order chi connectivity index (χ1) is 8.36. The number of rotatable bonds is 5. The number of halogens is 1. The fourth-order valence-corrected chi connectivity index (χ4v) is 1.35. The molecule has 0 bridgehead atoms. The van der Waals surface area contributed by atoms with Crippen molar-refractivity contribution in [1.29, 1.82) is 0 Å². The van der Waals surface area contributed by atoms with E-state index < -0.39 is 5.41 Å². The van der Waals surface area contributed by atoms with Gasteiger partial charge in [-0.15, -0.1) is 0 Å². The van der Waals surface area contributed by atoms with Crippen molar-refractivity contribution >= 4 is 5.84 Å². The fraction of sp³-hybridized carbons (Fsp3) is 0.462. The van der Waals surface area contributed by atoms with Crippen molar-refractivity contribution in [3.05, 3.63) is 29.6 Å². The van der Waals surface area contributed by atoms with Crippen molar-refractivity contribution < 1.29 is 14.3 Å². The third-order valence-electron chi connectivity index (χ3n) is 2.94. The molecule has 0 aliphatic rings.